The van der Waals surface area contributed by atoms with E-state index < -0.39 is 5.41 Å². The fourth-order valence-electron chi connectivity index (χ4n) is 2.69. The Balaban J connectivity index is 2.24. The van der Waals surface area contributed by atoms with Gasteiger partial charge in [-0.2, -0.15) is 0 Å². The fraction of sp³-hybridized carbons (Fsp3) is 0.467. The number of rotatable bonds is 2. The molecule has 4 nitrogen and oxygen atoms in total. The standard InChI is InChI=1S/C15H20N2O2/c1-11-5-7-12(8-6-11)9-15(2)10-16(3)14(19)17(4)13(15)18/h5-8H,9-10H2,1-4H3. The average molecular weight is 260 g/mol. The quantitative estimate of drug-likeness (QED) is 0.816. The summed E-state index contributed by atoms with van der Waals surface area (Å²) in [4.78, 5) is 26.9. The highest BCUT2D eigenvalue weighted by molar-refractivity contribution is 5.99. The number of carbonyl (C=O) groups is 2. The second kappa shape index (κ2) is 4.68. The largest absolute Gasteiger partial charge is 0.326 e. The molecule has 0 radical (unpaired) electrons. The molecule has 1 saturated heterocycles. The van der Waals surface area contributed by atoms with Crippen LogP contribution in [-0.4, -0.2) is 42.4 Å². The molecule has 0 bridgehead atoms. The smallest absolute Gasteiger partial charge is 0.326 e. The molecule has 4 heteroatoms. The molecule has 0 saturated carbocycles. The maximum atomic E-state index is 12.4. The summed E-state index contributed by atoms with van der Waals surface area (Å²) in [7, 11) is 3.28. The third kappa shape index (κ3) is 2.48. The van der Waals surface area contributed by atoms with Crippen LogP contribution in [-0.2, 0) is 11.2 Å². The molecular formula is C15H20N2O2. The molecule has 1 heterocycles. The van der Waals surface area contributed by atoms with Gasteiger partial charge in [-0.1, -0.05) is 29.8 Å². The highest BCUT2D eigenvalue weighted by Crippen LogP contribution is 2.30. The van der Waals surface area contributed by atoms with Crippen molar-refractivity contribution in [3.8, 4) is 0 Å². The minimum Gasteiger partial charge on any atom is -0.326 e. The van der Waals surface area contributed by atoms with Gasteiger partial charge < -0.3 is 4.90 Å². The predicted octanol–water partition coefficient (Wildman–Crippen LogP) is 2.07. The van der Waals surface area contributed by atoms with E-state index >= 15 is 0 Å². The summed E-state index contributed by atoms with van der Waals surface area (Å²) in [5, 5.41) is 0. The number of urea groups is 1. The molecular weight excluding hydrogens is 240 g/mol. The summed E-state index contributed by atoms with van der Waals surface area (Å²) in [5.74, 6) is -0.101. The fourth-order valence-corrected chi connectivity index (χ4v) is 2.69. The minimum atomic E-state index is -0.549. The number of nitrogens with zero attached hydrogens (tertiary/aromatic N) is 2. The Bertz CT molecular complexity index is 509. The van der Waals surface area contributed by atoms with E-state index in [1.807, 2.05) is 38.1 Å². The lowest BCUT2D eigenvalue weighted by atomic mass is 9.80. The topological polar surface area (TPSA) is 40.6 Å². The molecule has 1 atom stereocenters. The van der Waals surface area contributed by atoms with E-state index in [-0.39, 0.29) is 11.9 Å². The summed E-state index contributed by atoms with van der Waals surface area (Å²) >= 11 is 0. The molecule has 1 aromatic rings. The van der Waals surface area contributed by atoms with E-state index in [1.54, 1.807) is 19.0 Å². The molecule has 1 aromatic carbocycles. The van der Waals surface area contributed by atoms with Gasteiger partial charge in [-0.05, 0) is 25.8 Å². The van der Waals surface area contributed by atoms with Crippen LogP contribution in [0.5, 0.6) is 0 Å². The first-order chi connectivity index (χ1) is 8.83. The zero-order valence-electron chi connectivity index (χ0n) is 11.9. The third-order valence-electron chi connectivity index (χ3n) is 3.74. The Morgan fingerprint density at radius 1 is 1.16 bits per heavy atom. The molecule has 1 unspecified atom stereocenters. The van der Waals surface area contributed by atoms with Gasteiger partial charge in [0.15, 0.2) is 0 Å². The van der Waals surface area contributed by atoms with Gasteiger partial charge in [-0.25, -0.2) is 4.79 Å². The van der Waals surface area contributed by atoms with Crippen LogP contribution in [0.25, 0.3) is 0 Å². The van der Waals surface area contributed by atoms with Crippen molar-refractivity contribution in [2.24, 2.45) is 5.41 Å². The van der Waals surface area contributed by atoms with Crippen LogP contribution in [0.1, 0.15) is 18.1 Å². The average Bonchev–Trinajstić information content (AvgIpc) is 2.37. The highest BCUT2D eigenvalue weighted by Gasteiger charge is 2.44. The minimum absolute atomic E-state index is 0.101. The van der Waals surface area contributed by atoms with Gasteiger partial charge in [0.05, 0.1) is 5.41 Å². The maximum Gasteiger partial charge on any atom is 0.326 e. The summed E-state index contributed by atoms with van der Waals surface area (Å²) < 4.78 is 0. The monoisotopic (exact) mass is 260 g/mol. The number of benzene rings is 1. The molecule has 3 amide bonds. The van der Waals surface area contributed by atoms with Crippen molar-refractivity contribution >= 4 is 11.9 Å². The lowest BCUT2D eigenvalue weighted by molar-refractivity contribution is -0.141. The van der Waals surface area contributed by atoms with Crippen molar-refractivity contribution in [1.29, 1.82) is 0 Å². The van der Waals surface area contributed by atoms with Gasteiger partial charge in [0.2, 0.25) is 5.91 Å². The molecule has 0 spiro atoms. The predicted molar refractivity (Wildman–Crippen MR) is 73.8 cm³/mol. The van der Waals surface area contributed by atoms with Crippen molar-refractivity contribution in [3.05, 3.63) is 35.4 Å². The molecule has 19 heavy (non-hydrogen) atoms. The van der Waals surface area contributed by atoms with E-state index in [1.165, 1.54) is 10.5 Å². The van der Waals surface area contributed by atoms with E-state index in [2.05, 4.69) is 0 Å². The van der Waals surface area contributed by atoms with Crippen LogP contribution in [0.15, 0.2) is 24.3 Å². The lowest BCUT2D eigenvalue weighted by Gasteiger charge is -2.41. The number of hydrogen-bond donors (Lipinski definition) is 0. The second-order valence-corrected chi connectivity index (χ2v) is 5.73. The normalized spacial score (nSPS) is 24.0. The third-order valence-corrected chi connectivity index (χ3v) is 3.74. The zero-order valence-corrected chi connectivity index (χ0v) is 11.9. The van der Waals surface area contributed by atoms with Crippen molar-refractivity contribution in [1.82, 2.24) is 9.80 Å². The summed E-state index contributed by atoms with van der Waals surface area (Å²) in [6, 6.07) is 7.95. The molecule has 0 N–H and O–H groups in total. The number of carbonyl (C=O) groups excluding carboxylic acids is 2. The van der Waals surface area contributed by atoms with Gasteiger partial charge in [0.25, 0.3) is 0 Å². The van der Waals surface area contributed by atoms with Gasteiger partial charge >= 0.3 is 6.03 Å². The number of imide groups is 1. The summed E-state index contributed by atoms with van der Waals surface area (Å²) in [6.07, 6.45) is 0.647. The first kappa shape index (κ1) is 13.6. The van der Waals surface area contributed by atoms with Gasteiger partial charge in [0.1, 0.15) is 0 Å². The van der Waals surface area contributed by atoms with Crippen LogP contribution >= 0.6 is 0 Å². The van der Waals surface area contributed by atoms with Crippen LogP contribution in [0.3, 0.4) is 0 Å². The van der Waals surface area contributed by atoms with E-state index in [4.69, 9.17) is 0 Å². The van der Waals surface area contributed by atoms with E-state index in [0.717, 1.165) is 5.56 Å². The first-order valence-electron chi connectivity index (χ1n) is 6.42. The van der Waals surface area contributed by atoms with Crippen LogP contribution in [0.4, 0.5) is 4.79 Å². The molecule has 0 aromatic heterocycles. The van der Waals surface area contributed by atoms with E-state index in [0.29, 0.717) is 13.0 Å². The number of amides is 3. The Kier molecular flexibility index (Phi) is 3.35. The van der Waals surface area contributed by atoms with Crippen molar-refractivity contribution in [2.45, 2.75) is 20.3 Å². The van der Waals surface area contributed by atoms with Gasteiger partial charge in [-0.3, -0.25) is 9.69 Å². The van der Waals surface area contributed by atoms with Crippen LogP contribution in [0, 0.1) is 12.3 Å². The Morgan fingerprint density at radius 3 is 2.32 bits per heavy atom. The number of hydrogen-bond acceptors (Lipinski definition) is 2. The van der Waals surface area contributed by atoms with Crippen molar-refractivity contribution in [3.63, 3.8) is 0 Å². The molecule has 2 rings (SSSR count). The highest BCUT2D eigenvalue weighted by atomic mass is 16.2. The molecule has 1 fully saturated rings. The van der Waals surface area contributed by atoms with Crippen LogP contribution in [0.2, 0.25) is 0 Å². The Morgan fingerprint density at radius 2 is 1.74 bits per heavy atom. The van der Waals surface area contributed by atoms with E-state index in [9.17, 15) is 9.59 Å². The SMILES string of the molecule is Cc1ccc(CC2(C)CN(C)C(=O)N(C)C2=O)cc1. The molecule has 0 aliphatic carbocycles. The second-order valence-electron chi connectivity index (χ2n) is 5.73. The number of aryl methyl sites for hydroxylation is 1. The van der Waals surface area contributed by atoms with Crippen molar-refractivity contribution < 1.29 is 9.59 Å². The van der Waals surface area contributed by atoms with Gasteiger partial charge in [0, 0.05) is 20.6 Å². The zero-order chi connectivity index (χ0) is 14.2. The molecule has 1 aliphatic rings. The first-order valence-corrected chi connectivity index (χ1v) is 6.42. The summed E-state index contributed by atoms with van der Waals surface area (Å²) in [6.45, 7) is 4.43. The van der Waals surface area contributed by atoms with Crippen LogP contribution < -0.4 is 0 Å². The molecule has 102 valence electrons. The Labute approximate surface area is 114 Å². The van der Waals surface area contributed by atoms with Crippen molar-refractivity contribution in [2.75, 3.05) is 20.6 Å². The summed E-state index contributed by atoms with van der Waals surface area (Å²) in [5.41, 5.74) is 1.78. The Hall–Kier alpha value is -1.84. The van der Waals surface area contributed by atoms with Gasteiger partial charge in [-0.15, -0.1) is 0 Å². The maximum absolute atomic E-state index is 12.4. The molecule has 1 aliphatic heterocycles. The lowest BCUT2D eigenvalue weighted by Crippen LogP contribution is -2.59.